The third-order valence-electron chi connectivity index (χ3n) is 3.47. The van der Waals surface area contributed by atoms with Crippen LogP contribution in [0.15, 0.2) is 42.5 Å². The van der Waals surface area contributed by atoms with Crippen molar-refractivity contribution in [2.45, 2.75) is 12.5 Å². The first kappa shape index (κ1) is 12.4. The first-order valence-electron chi connectivity index (χ1n) is 6.56. The molecule has 1 aliphatic heterocycles. The zero-order chi connectivity index (χ0) is 13.9. The van der Waals surface area contributed by atoms with Crippen molar-refractivity contribution in [1.82, 2.24) is 0 Å². The zero-order valence-electron chi connectivity index (χ0n) is 11.0. The number of nitrogen functional groups attached to an aromatic ring is 1. The molecule has 2 aromatic rings. The van der Waals surface area contributed by atoms with Crippen molar-refractivity contribution in [2.75, 3.05) is 17.7 Å². The van der Waals surface area contributed by atoms with Crippen LogP contribution in [0.25, 0.3) is 0 Å². The fourth-order valence-electron chi connectivity index (χ4n) is 2.45. The van der Waals surface area contributed by atoms with Gasteiger partial charge in [-0.1, -0.05) is 18.2 Å². The van der Waals surface area contributed by atoms with E-state index in [9.17, 15) is 0 Å². The van der Waals surface area contributed by atoms with Crippen LogP contribution in [0, 0.1) is 11.3 Å². The number of fused-ring (bicyclic) bond motifs is 1. The van der Waals surface area contributed by atoms with Crippen LogP contribution >= 0.6 is 0 Å². The number of nitrogens with one attached hydrogen (secondary N) is 1. The number of hydrogen-bond acceptors (Lipinski definition) is 4. The SMILES string of the molecule is N#Cc1ccc(NC2CCOc3ccccc32)cc1N. The highest BCUT2D eigenvalue weighted by Gasteiger charge is 2.20. The first-order chi connectivity index (χ1) is 9.78. The highest BCUT2D eigenvalue weighted by Crippen LogP contribution is 2.34. The molecule has 1 unspecified atom stereocenters. The average Bonchev–Trinajstić information content (AvgIpc) is 2.48. The fraction of sp³-hybridized carbons (Fsp3) is 0.188. The number of hydrogen-bond donors (Lipinski definition) is 2. The number of para-hydroxylation sites is 1. The van der Waals surface area contributed by atoms with Gasteiger partial charge in [-0.2, -0.15) is 5.26 Å². The summed E-state index contributed by atoms with van der Waals surface area (Å²) in [5.41, 5.74) is 8.92. The van der Waals surface area contributed by atoms with E-state index >= 15 is 0 Å². The summed E-state index contributed by atoms with van der Waals surface area (Å²) in [6.45, 7) is 0.695. The number of nitrogens with two attached hydrogens (primary N) is 1. The van der Waals surface area contributed by atoms with Crippen molar-refractivity contribution in [2.24, 2.45) is 0 Å². The molecule has 1 atom stereocenters. The molecule has 20 heavy (non-hydrogen) atoms. The number of ether oxygens (including phenoxy) is 1. The molecule has 0 saturated carbocycles. The van der Waals surface area contributed by atoms with Gasteiger partial charge in [0.25, 0.3) is 0 Å². The number of benzene rings is 2. The van der Waals surface area contributed by atoms with Crippen LogP contribution in [-0.4, -0.2) is 6.61 Å². The van der Waals surface area contributed by atoms with E-state index in [1.54, 1.807) is 12.1 Å². The number of rotatable bonds is 2. The van der Waals surface area contributed by atoms with E-state index in [1.165, 1.54) is 0 Å². The first-order valence-corrected chi connectivity index (χ1v) is 6.56. The molecular weight excluding hydrogens is 250 g/mol. The predicted molar refractivity (Wildman–Crippen MR) is 78.5 cm³/mol. The van der Waals surface area contributed by atoms with Crippen LogP contribution < -0.4 is 15.8 Å². The largest absolute Gasteiger partial charge is 0.493 e. The van der Waals surface area contributed by atoms with Crippen LogP contribution in [0.2, 0.25) is 0 Å². The summed E-state index contributed by atoms with van der Waals surface area (Å²) in [5.74, 6) is 0.929. The quantitative estimate of drug-likeness (QED) is 0.819. The Kier molecular flexibility index (Phi) is 3.18. The Morgan fingerprint density at radius 2 is 2.10 bits per heavy atom. The van der Waals surface area contributed by atoms with E-state index in [4.69, 9.17) is 15.7 Å². The Balaban J connectivity index is 1.86. The second kappa shape index (κ2) is 5.14. The van der Waals surface area contributed by atoms with Gasteiger partial charge in [-0.05, 0) is 24.3 Å². The lowest BCUT2D eigenvalue weighted by Crippen LogP contribution is -2.20. The molecule has 2 aromatic carbocycles. The molecule has 0 saturated heterocycles. The molecule has 1 heterocycles. The molecular formula is C16H15N3O. The topological polar surface area (TPSA) is 71.1 Å². The predicted octanol–water partition coefficient (Wildman–Crippen LogP) is 3.08. The number of nitriles is 1. The van der Waals surface area contributed by atoms with Crippen LogP contribution in [0.3, 0.4) is 0 Å². The summed E-state index contributed by atoms with van der Waals surface area (Å²) in [6, 6.07) is 15.7. The molecule has 3 rings (SSSR count). The summed E-state index contributed by atoms with van der Waals surface area (Å²) in [7, 11) is 0. The summed E-state index contributed by atoms with van der Waals surface area (Å²) in [4.78, 5) is 0. The molecule has 0 amide bonds. The summed E-state index contributed by atoms with van der Waals surface area (Å²) >= 11 is 0. The van der Waals surface area contributed by atoms with Gasteiger partial charge in [0.1, 0.15) is 11.8 Å². The van der Waals surface area contributed by atoms with E-state index in [2.05, 4.69) is 17.5 Å². The van der Waals surface area contributed by atoms with E-state index in [1.807, 2.05) is 24.3 Å². The Morgan fingerprint density at radius 1 is 1.25 bits per heavy atom. The van der Waals surface area contributed by atoms with E-state index < -0.39 is 0 Å². The van der Waals surface area contributed by atoms with Gasteiger partial charge in [-0.25, -0.2) is 0 Å². The van der Waals surface area contributed by atoms with E-state index in [0.717, 1.165) is 23.4 Å². The third-order valence-corrected chi connectivity index (χ3v) is 3.47. The molecule has 1 aliphatic rings. The van der Waals surface area contributed by atoms with Gasteiger partial charge in [-0.15, -0.1) is 0 Å². The van der Waals surface area contributed by atoms with Crippen molar-refractivity contribution >= 4 is 11.4 Å². The summed E-state index contributed by atoms with van der Waals surface area (Å²) < 4.78 is 5.64. The molecule has 0 bridgehead atoms. The van der Waals surface area contributed by atoms with Crippen LogP contribution in [0.1, 0.15) is 23.6 Å². The monoisotopic (exact) mass is 265 g/mol. The van der Waals surface area contributed by atoms with E-state index in [0.29, 0.717) is 17.9 Å². The highest BCUT2D eigenvalue weighted by atomic mass is 16.5. The smallest absolute Gasteiger partial charge is 0.124 e. The van der Waals surface area contributed by atoms with Gasteiger partial charge in [0.2, 0.25) is 0 Å². The van der Waals surface area contributed by atoms with Crippen molar-refractivity contribution in [3.05, 3.63) is 53.6 Å². The van der Waals surface area contributed by atoms with Crippen molar-refractivity contribution in [3.63, 3.8) is 0 Å². The normalized spacial score (nSPS) is 16.6. The lowest BCUT2D eigenvalue weighted by atomic mass is 10.00. The highest BCUT2D eigenvalue weighted by molar-refractivity contribution is 5.63. The lowest BCUT2D eigenvalue weighted by Gasteiger charge is -2.27. The number of anilines is 2. The van der Waals surface area contributed by atoms with Crippen LogP contribution in [-0.2, 0) is 0 Å². The molecule has 0 aromatic heterocycles. The Labute approximate surface area is 117 Å². The molecule has 0 radical (unpaired) electrons. The standard InChI is InChI=1S/C16H15N3O/c17-10-11-5-6-12(9-14(11)18)19-15-7-8-20-16-4-2-1-3-13(15)16/h1-6,9,15,19H,7-8,18H2. The molecule has 3 N–H and O–H groups in total. The minimum Gasteiger partial charge on any atom is -0.493 e. The lowest BCUT2D eigenvalue weighted by molar-refractivity contribution is 0.274. The molecule has 100 valence electrons. The minimum absolute atomic E-state index is 0.201. The van der Waals surface area contributed by atoms with Crippen LogP contribution in [0.4, 0.5) is 11.4 Å². The molecule has 4 nitrogen and oxygen atoms in total. The number of nitrogens with zero attached hydrogens (tertiary/aromatic N) is 1. The second-order valence-corrected chi connectivity index (χ2v) is 4.79. The maximum absolute atomic E-state index is 8.89. The van der Waals surface area contributed by atoms with E-state index in [-0.39, 0.29) is 6.04 Å². The summed E-state index contributed by atoms with van der Waals surface area (Å²) in [5, 5.41) is 12.4. The minimum atomic E-state index is 0.201. The molecule has 0 spiro atoms. The second-order valence-electron chi connectivity index (χ2n) is 4.79. The maximum atomic E-state index is 8.89. The van der Waals surface area contributed by atoms with Gasteiger partial charge in [0.15, 0.2) is 0 Å². The Morgan fingerprint density at radius 3 is 2.90 bits per heavy atom. The molecule has 0 fully saturated rings. The van der Waals surface area contributed by atoms with Gasteiger partial charge in [0, 0.05) is 17.7 Å². The third kappa shape index (κ3) is 2.26. The Hall–Kier alpha value is -2.67. The van der Waals surface area contributed by atoms with Gasteiger partial charge in [0.05, 0.1) is 23.9 Å². The van der Waals surface area contributed by atoms with Crippen LogP contribution in [0.5, 0.6) is 5.75 Å². The maximum Gasteiger partial charge on any atom is 0.124 e. The average molecular weight is 265 g/mol. The molecule has 0 aliphatic carbocycles. The molecule has 4 heteroatoms. The Bertz CT molecular complexity index is 676. The van der Waals surface area contributed by atoms with Gasteiger partial charge in [-0.3, -0.25) is 0 Å². The van der Waals surface area contributed by atoms with Crippen molar-refractivity contribution < 1.29 is 4.74 Å². The van der Waals surface area contributed by atoms with Gasteiger partial charge >= 0.3 is 0 Å². The van der Waals surface area contributed by atoms with Crippen molar-refractivity contribution in [3.8, 4) is 11.8 Å². The summed E-state index contributed by atoms with van der Waals surface area (Å²) in [6.07, 6.45) is 0.900. The van der Waals surface area contributed by atoms with Crippen molar-refractivity contribution in [1.29, 1.82) is 5.26 Å². The van der Waals surface area contributed by atoms with Gasteiger partial charge < -0.3 is 15.8 Å². The zero-order valence-corrected chi connectivity index (χ0v) is 11.0. The fourth-order valence-corrected chi connectivity index (χ4v) is 2.45.